The van der Waals surface area contributed by atoms with E-state index < -0.39 is 0 Å². The first-order valence-electron chi connectivity index (χ1n) is 20.8. The second-order valence-electron chi connectivity index (χ2n) is 14.8. The molecule has 302 valence electrons. The molecule has 8 rings (SSSR count). The SMILES string of the molecule is C=C/C=C(/c1ccccc1-c1c(N(C)c2ccc(-c3ccccc3)cc2)c2ccccc2c2ccccc12)C(C)N(C)c1ccc(-c2ccccc2)cc1.C=CC.C=CC=C. The van der Waals surface area contributed by atoms with Crippen LogP contribution in [0, 0.1) is 0 Å². The molecule has 2 heteroatoms. The predicted molar refractivity (Wildman–Crippen MR) is 271 cm³/mol. The molecule has 0 heterocycles. The minimum absolute atomic E-state index is 0.0464. The summed E-state index contributed by atoms with van der Waals surface area (Å²) in [6.45, 7) is 18.5. The number of nitrogens with zero attached hydrogens (tertiary/aromatic N) is 2. The van der Waals surface area contributed by atoms with E-state index >= 15 is 0 Å². The van der Waals surface area contributed by atoms with Gasteiger partial charge < -0.3 is 9.80 Å². The van der Waals surface area contributed by atoms with Gasteiger partial charge in [-0.15, -0.1) is 6.58 Å². The third-order valence-corrected chi connectivity index (χ3v) is 11.0. The summed E-state index contributed by atoms with van der Waals surface area (Å²) in [6, 6.07) is 65.6. The van der Waals surface area contributed by atoms with E-state index in [1.807, 2.05) is 13.0 Å². The molecule has 61 heavy (non-hydrogen) atoms. The van der Waals surface area contributed by atoms with Crippen LogP contribution in [0.1, 0.15) is 19.4 Å². The summed E-state index contributed by atoms with van der Waals surface area (Å²) in [7, 11) is 4.39. The third-order valence-electron chi connectivity index (χ3n) is 11.0. The topological polar surface area (TPSA) is 6.48 Å². The van der Waals surface area contributed by atoms with Gasteiger partial charge in [-0.3, -0.25) is 0 Å². The number of allylic oxidation sites excluding steroid dienone is 5. The molecule has 0 N–H and O–H groups in total. The number of rotatable bonds is 11. The van der Waals surface area contributed by atoms with Crippen molar-refractivity contribution in [1.82, 2.24) is 0 Å². The van der Waals surface area contributed by atoms with Gasteiger partial charge in [0, 0.05) is 36.4 Å². The zero-order valence-corrected chi connectivity index (χ0v) is 36.0. The van der Waals surface area contributed by atoms with E-state index in [4.69, 9.17) is 0 Å². The maximum Gasteiger partial charge on any atom is 0.0574 e. The molecule has 0 saturated heterocycles. The summed E-state index contributed by atoms with van der Waals surface area (Å²) in [5.41, 5.74) is 13.1. The molecule has 0 amide bonds. The number of likely N-dealkylation sites (N-methyl/N-ethyl adjacent to an activating group) is 1. The van der Waals surface area contributed by atoms with Gasteiger partial charge in [-0.25, -0.2) is 0 Å². The molecule has 0 fully saturated rings. The van der Waals surface area contributed by atoms with Crippen LogP contribution < -0.4 is 9.80 Å². The highest BCUT2D eigenvalue weighted by Gasteiger charge is 2.25. The van der Waals surface area contributed by atoms with Crippen LogP contribution >= 0.6 is 0 Å². The average molecular weight is 793 g/mol. The minimum Gasteiger partial charge on any atom is -0.368 e. The Labute approximate surface area is 364 Å². The standard InChI is InChI=1S/C52H44N2.C4H6.C3H6/c1-5-18-44(37(2)53(3)42-33-29-40(30-34-42)38-19-8-6-9-20-38)45-23-12-15-26-48(45)51-49-27-16-13-24-46(49)47-25-14-17-28-50(47)52(51)54(4)43-35-31-41(32-36-43)39-21-10-7-11-22-39;1-3-4-2;1-3-2/h5-37H,1H2,2-4H3;3-4H,1-2H2;3H,1H2,2H3/b44-18+;;. The molecular formula is C59H56N2. The van der Waals surface area contributed by atoms with E-state index in [9.17, 15) is 0 Å². The van der Waals surface area contributed by atoms with E-state index in [2.05, 4.69) is 245 Å². The van der Waals surface area contributed by atoms with Crippen molar-refractivity contribution in [3.8, 4) is 33.4 Å². The minimum atomic E-state index is 0.0464. The second kappa shape index (κ2) is 21.0. The van der Waals surface area contributed by atoms with E-state index in [1.54, 1.807) is 18.2 Å². The average Bonchev–Trinajstić information content (AvgIpc) is 3.33. The summed E-state index contributed by atoms with van der Waals surface area (Å²) >= 11 is 0. The first kappa shape index (κ1) is 43.2. The lowest BCUT2D eigenvalue weighted by atomic mass is 9.85. The highest BCUT2D eigenvalue weighted by Crippen LogP contribution is 2.48. The first-order valence-corrected chi connectivity index (χ1v) is 20.8. The van der Waals surface area contributed by atoms with Crippen LogP contribution in [0.4, 0.5) is 17.1 Å². The molecule has 0 aliphatic heterocycles. The Bertz CT molecular complexity index is 2730. The van der Waals surface area contributed by atoms with Crippen LogP contribution in [0.15, 0.2) is 239 Å². The summed E-state index contributed by atoms with van der Waals surface area (Å²) < 4.78 is 0. The molecule has 0 bridgehead atoms. The van der Waals surface area contributed by atoms with Crippen molar-refractivity contribution in [2.75, 3.05) is 23.9 Å². The Hall–Kier alpha value is -7.42. The van der Waals surface area contributed by atoms with Crippen molar-refractivity contribution < 1.29 is 0 Å². The summed E-state index contributed by atoms with van der Waals surface area (Å²) in [6.07, 6.45) is 9.14. The van der Waals surface area contributed by atoms with E-state index in [0.29, 0.717) is 0 Å². The van der Waals surface area contributed by atoms with Gasteiger partial charge in [-0.05, 0) is 93.2 Å². The van der Waals surface area contributed by atoms with Crippen molar-refractivity contribution in [3.63, 3.8) is 0 Å². The first-order chi connectivity index (χ1) is 29.9. The highest BCUT2D eigenvalue weighted by atomic mass is 15.1. The number of anilines is 3. The van der Waals surface area contributed by atoms with Crippen LogP contribution in [0.25, 0.3) is 60.5 Å². The van der Waals surface area contributed by atoms with E-state index in [-0.39, 0.29) is 6.04 Å². The van der Waals surface area contributed by atoms with E-state index in [1.165, 1.54) is 71.7 Å². The molecule has 2 nitrogen and oxygen atoms in total. The zero-order valence-electron chi connectivity index (χ0n) is 36.0. The van der Waals surface area contributed by atoms with Gasteiger partial charge in [-0.2, -0.15) is 0 Å². The molecule has 1 atom stereocenters. The lowest BCUT2D eigenvalue weighted by Gasteiger charge is -2.32. The van der Waals surface area contributed by atoms with Gasteiger partial charge in [0.15, 0.2) is 0 Å². The summed E-state index contributed by atoms with van der Waals surface area (Å²) in [5, 5.41) is 4.92. The Morgan fingerprint density at radius 2 is 0.869 bits per heavy atom. The molecule has 8 aromatic rings. The zero-order chi connectivity index (χ0) is 43.1. The molecule has 1 unspecified atom stereocenters. The maximum absolute atomic E-state index is 4.19. The molecule has 0 aromatic heterocycles. The third kappa shape index (κ3) is 9.73. The quantitative estimate of drug-likeness (QED) is 0.0731. The predicted octanol–water partition coefficient (Wildman–Crippen LogP) is 16.4. The lowest BCUT2D eigenvalue weighted by molar-refractivity contribution is 0.840. The van der Waals surface area contributed by atoms with Crippen LogP contribution in [-0.4, -0.2) is 20.1 Å². The normalized spacial score (nSPS) is 11.2. The van der Waals surface area contributed by atoms with Crippen LogP contribution in [0.5, 0.6) is 0 Å². The Morgan fingerprint density at radius 3 is 1.38 bits per heavy atom. The fourth-order valence-corrected chi connectivity index (χ4v) is 7.87. The Morgan fingerprint density at radius 1 is 0.459 bits per heavy atom. The summed E-state index contributed by atoms with van der Waals surface area (Å²) in [4.78, 5) is 4.73. The van der Waals surface area contributed by atoms with Crippen molar-refractivity contribution in [3.05, 3.63) is 244 Å². The van der Waals surface area contributed by atoms with Gasteiger partial charge in [0.05, 0.1) is 11.7 Å². The van der Waals surface area contributed by atoms with Crippen LogP contribution in [0.2, 0.25) is 0 Å². The van der Waals surface area contributed by atoms with Crippen LogP contribution in [0.3, 0.4) is 0 Å². The fraction of sp³-hybridized carbons (Fsp3) is 0.0847. The van der Waals surface area contributed by atoms with E-state index in [0.717, 1.165) is 11.4 Å². The molecule has 0 aliphatic rings. The van der Waals surface area contributed by atoms with Gasteiger partial charge >= 0.3 is 0 Å². The van der Waals surface area contributed by atoms with Crippen molar-refractivity contribution in [2.45, 2.75) is 19.9 Å². The fourth-order valence-electron chi connectivity index (χ4n) is 7.87. The molecule has 0 spiro atoms. The van der Waals surface area contributed by atoms with Gasteiger partial charge in [0.25, 0.3) is 0 Å². The van der Waals surface area contributed by atoms with Gasteiger partial charge in [0.1, 0.15) is 0 Å². The van der Waals surface area contributed by atoms with Gasteiger partial charge in [-0.1, -0.05) is 208 Å². The number of benzene rings is 8. The molecule has 0 aliphatic carbocycles. The number of hydrogen-bond acceptors (Lipinski definition) is 2. The Kier molecular flexibility index (Phi) is 14.9. The van der Waals surface area contributed by atoms with Crippen molar-refractivity contribution >= 4 is 44.2 Å². The molecule has 0 saturated carbocycles. The van der Waals surface area contributed by atoms with Crippen molar-refractivity contribution in [2.24, 2.45) is 0 Å². The second-order valence-corrected chi connectivity index (χ2v) is 14.8. The smallest absolute Gasteiger partial charge is 0.0574 e. The number of fused-ring (bicyclic) bond motifs is 3. The molecule has 0 radical (unpaired) electrons. The highest BCUT2D eigenvalue weighted by molar-refractivity contribution is 6.22. The maximum atomic E-state index is 4.19. The molecule has 8 aromatic carbocycles. The summed E-state index contributed by atoms with van der Waals surface area (Å²) in [5.74, 6) is 0. The van der Waals surface area contributed by atoms with Crippen molar-refractivity contribution in [1.29, 1.82) is 0 Å². The largest absolute Gasteiger partial charge is 0.368 e. The van der Waals surface area contributed by atoms with Crippen LogP contribution in [-0.2, 0) is 0 Å². The lowest BCUT2D eigenvalue weighted by Crippen LogP contribution is -2.30. The molecular weight excluding hydrogens is 737 g/mol. The number of hydrogen-bond donors (Lipinski definition) is 0. The monoisotopic (exact) mass is 792 g/mol. The Balaban J connectivity index is 0.000000830. The van der Waals surface area contributed by atoms with Gasteiger partial charge in [0.2, 0.25) is 0 Å².